The maximum absolute atomic E-state index is 13.2. The molecule has 124 valence electrons. The van der Waals surface area contributed by atoms with Crippen molar-refractivity contribution in [3.63, 3.8) is 0 Å². The Morgan fingerprint density at radius 1 is 1.04 bits per heavy atom. The SMILES string of the molecule is Fc1ccc(-c2cnc(=S)n3cc(-c4cc(Cl)ccc4Cl)[nH]c23)cc1. The van der Waals surface area contributed by atoms with Crippen LogP contribution in [0.4, 0.5) is 4.39 Å². The monoisotopic (exact) mass is 389 g/mol. The molecule has 4 aromatic rings. The fourth-order valence-electron chi connectivity index (χ4n) is 2.69. The van der Waals surface area contributed by atoms with Crippen LogP contribution in [0.25, 0.3) is 28.0 Å². The normalized spacial score (nSPS) is 11.2. The Kier molecular flexibility index (Phi) is 4.07. The molecule has 0 fully saturated rings. The van der Waals surface area contributed by atoms with Crippen molar-refractivity contribution in [3.05, 3.63) is 75.5 Å². The van der Waals surface area contributed by atoms with Gasteiger partial charge in [-0.2, -0.15) is 0 Å². The molecule has 2 aromatic heterocycles. The third-order valence-electron chi connectivity index (χ3n) is 3.89. The summed E-state index contributed by atoms with van der Waals surface area (Å²) in [6, 6.07) is 11.5. The van der Waals surface area contributed by atoms with Crippen LogP contribution in [-0.2, 0) is 0 Å². The number of fused-ring (bicyclic) bond motifs is 1. The van der Waals surface area contributed by atoms with E-state index < -0.39 is 0 Å². The Hall–Kier alpha value is -2.21. The van der Waals surface area contributed by atoms with Gasteiger partial charge in [0.15, 0.2) is 0 Å². The number of rotatable bonds is 2. The summed E-state index contributed by atoms with van der Waals surface area (Å²) in [6.07, 6.45) is 3.50. The molecule has 0 saturated carbocycles. The van der Waals surface area contributed by atoms with Crippen LogP contribution in [0.1, 0.15) is 0 Å². The molecule has 0 spiro atoms. The molecule has 3 nitrogen and oxygen atoms in total. The van der Waals surface area contributed by atoms with Crippen molar-refractivity contribution in [1.29, 1.82) is 0 Å². The summed E-state index contributed by atoms with van der Waals surface area (Å²) in [5.41, 5.74) is 3.90. The quantitative estimate of drug-likeness (QED) is 0.415. The zero-order valence-corrected chi connectivity index (χ0v) is 15.0. The maximum Gasteiger partial charge on any atom is 0.205 e. The third-order valence-corrected chi connectivity index (χ3v) is 4.76. The summed E-state index contributed by atoms with van der Waals surface area (Å²) in [7, 11) is 0. The predicted molar refractivity (Wildman–Crippen MR) is 101 cm³/mol. The van der Waals surface area contributed by atoms with Crippen molar-refractivity contribution >= 4 is 41.1 Å². The van der Waals surface area contributed by atoms with Gasteiger partial charge in [0.2, 0.25) is 4.77 Å². The molecule has 2 heterocycles. The molecule has 0 aliphatic rings. The van der Waals surface area contributed by atoms with E-state index in [2.05, 4.69) is 9.97 Å². The van der Waals surface area contributed by atoms with Crippen molar-refractivity contribution in [1.82, 2.24) is 14.4 Å². The number of nitrogens with zero attached hydrogens (tertiary/aromatic N) is 2. The van der Waals surface area contributed by atoms with Crippen LogP contribution >= 0.6 is 35.4 Å². The first-order valence-corrected chi connectivity index (χ1v) is 8.51. The number of hydrogen-bond acceptors (Lipinski definition) is 2. The molecule has 0 radical (unpaired) electrons. The average Bonchev–Trinajstić information content (AvgIpc) is 3.04. The van der Waals surface area contributed by atoms with Crippen LogP contribution in [0.15, 0.2) is 54.9 Å². The molecule has 0 aliphatic carbocycles. The van der Waals surface area contributed by atoms with Crippen LogP contribution in [0.3, 0.4) is 0 Å². The van der Waals surface area contributed by atoms with Crippen molar-refractivity contribution in [3.8, 4) is 22.4 Å². The highest BCUT2D eigenvalue weighted by atomic mass is 35.5. The van der Waals surface area contributed by atoms with Gasteiger partial charge in [0.25, 0.3) is 0 Å². The number of hydrogen-bond donors (Lipinski definition) is 1. The summed E-state index contributed by atoms with van der Waals surface area (Å²) in [5, 5.41) is 1.15. The average molecular weight is 390 g/mol. The van der Waals surface area contributed by atoms with Gasteiger partial charge in [-0.05, 0) is 48.1 Å². The van der Waals surface area contributed by atoms with Crippen LogP contribution in [0.2, 0.25) is 10.0 Å². The lowest BCUT2D eigenvalue weighted by molar-refractivity contribution is 0.628. The minimum absolute atomic E-state index is 0.293. The molecule has 1 N–H and O–H groups in total. The fourth-order valence-corrected chi connectivity index (χ4v) is 3.27. The number of imidazole rings is 1. The zero-order chi connectivity index (χ0) is 17.6. The summed E-state index contributed by atoms with van der Waals surface area (Å²) < 4.78 is 15.4. The summed E-state index contributed by atoms with van der Waals surface area (Å²) in [6.45, 7) is 0. The van der Waals surface area contributed by atoms with Gasteiger partial charge in [-0.15, -0.1) is 0 Å². The molecule has 0 atom stereocenters. The van der Waals surface area contributed by atoms with Crippen LogP contribution < -0.4 is 0 Å². The summed E-state index contributed by atoms with van der Waals surface area (Å²) >= 11 is 17.7. The summed E-state index contributed by atoms with van der Waals surface area (Å²) in [4.78, 5) is 7.58. The smallest absolute Gasteiger partial charge is 0.205 e. The minimum Gasteiger partial charge on any atom is -0.339 e. The Labute approximate surface area is 157 Å². The van der Waals surface area contributed by atoms with Crippen molar-refractivity contribution < 1.29 is 4.39 Å². The highest BCUT2D eigenvalue weighted by Crippen LogP contribution is 2.32. The van der Waals surface area contributed by atoms with Crippen molar-refractivity contribution in [2.75, 3.05) is 0 Å². The Bertz CT molecular complexity index is 1150. The van der Waals surface area contributed by atoms with E-state index in [0.29, 0.717) is 14.8 Å². The van der Waals surface area contributed by atoms with Gasteiger partial charge in [0, 0.05) is 28.5 Å². The van der Waals surface area contributed by atoms with Gasteiger partial charge in [-0.1, -0.05) is 35.3 Å². The van der Waals surface area contributed by atoms with Gasteiger partial charge in [0.05, 0.1) is 10.7 Å². The third kappa shape index (κ3) is 2.95. The van der Waals surface area contributed by atoms with E-state index >= 15 is 0 Å². The first kappa shape index (κ1) is 16.3. The minimum atomic E-state index is -0.293. The van der Waals surface area contributed by atoms with Crippen LogP contribution in [-0.4, -0.2) is 14.4 Å². The fraction of sp³-hybridized carbons (Fsp3) is 0. The number of halogens is 3. The molecule has 0 bridgehead atoms. The first-order valence-electron chi connectivity index (χ1n) is 7.35. The standard InChI is InChI=1S/C18H10Cl2FN3S/c19-11-3-6-15(20)13(7-11)16-9-24-17(23-16)14(8-22-18(24)25)10-1-4-12(21)5-2-10/h1-9,23H. The molecular weight excluding hydrogens is 380 g/mol. The maximum atomic E-state index is 13.2. The first-order chi connectivity index (χ1) is 12.0. The number of H-pyrrole nitrogens is 1. The predicted octanol–water partition coefficient (Wildman–Crippen LogP) is 6.17. The van der Waals surface area contributed by atoms with E-state index in [9.17, 15) is 4.39 Å². The van der Waals surface area contributed by atoms with E-state index in [1.54, 1.807) is 40.9 Å². The Balaban J connectivity index is 1.97. The van der Waals surface area contributed by atoms with Gasteiger partial charge in [-0.3, -0.25) is 4.40 Å². The second kappa shape index (κ2) is 6.26. The van der Waals surface area contributed by atoms with Gasteiger partial charge in [0.1, 0.15) is 11.5 Å². The van der Waals surface area contributed by atoms with Gasteiger partial charge < -0.3 is 4.98 Å². The molecule has 7 heteroatoms. The Morgan fingerprint density at radius 3 is 2.56 bits per heavy atom. The molecule has 0 saturated heterocycles. The zero-order valence-electron chi connectivity index (χ0n) is 12.6. The highest BCUT2D eigenvalue weighted by Gasteiger charge is 2.12. The molecule has 0 amide bonds. The number of aromatic amines is 1. The lowest BCUT2D eigenvalue weighted by Crippen LogP contribution is -1.92. The number of aromatic nitrogens is 3. The lowest BCUT2D eigenvalue weighted by atomic mass is 10.1. The molecular formula is C18H10Cl2FN3S. The van der Waals surface area contributed by atoms with Gasteiger partial charge in [-0.25, -0.2) is 9.37 Å². The number of benzene rings is 2. The van der Waals surface area contributed by atoms with Crippen LogP contribution in [0, 0.1) is 10.6 Å². The summed E-state index contributed by atoms with van der Waals surface area (Å²) in [5.74, 6) is -0.293. The van der Waals surface area contributed by atoms with Crippen molar-refractivity contribution in [2.24, 2.45) is 0 Å². The van der Waals surface area contributed by atoms with E-state index in [0.717, 1.165) is 28.0 Å². The molecule has 0 unspecified atom stereocenters. The second-order valence-electron chi connectivity index (χ2n) is 5.47. The molecule has 0 aliphatic heterocycles. The van der Waals surface area contributed by atoms with Gasteiger partial charge >= 0.3 is 0 Å². The second-order valence-corrected chi connectivity index (χ2v) is 6.68. The molecule has 4 rings (SSSR count). The highest BCUT2D eigenvalue weighted by molar-refractivity contribution is 7.71. The number of nitrogens with one attached hydrogen (secondary N) is 1. The van der Waals surface area contributed by atoms with E-state index in [4.69, 9.17) is 35.4 Å². The van der Waals surface area contributed by atoms with E-state index in [-0.39, 0.29) is 5.82 Å². The van der Waals surface area contributed by atoms with E-state index in [1.165, 1.54) is 12.1 Å². The lowest BCUT2D eigenvalue weighted by Gasteiger charge is -2.04. The Morgan fingerprint density at radius 2 is 1.80 bits per heavy atom. The van der Waals surface area contributed by atoms with Crippen molar-refractivity contribution in [2.45, 2.75) is 0 Å². The largest absolute Gasteiger partial charge is 0.339 e. The topological polar surface area (TPSA) is 33.1 Å². The van der Waals surface area contributed by atoms with Crippen LogP contribution in [0.5, 0.6) is 0 Å². The van der Waals surface area contributed by atoms with E-state index in [1.807, 2.05) is 6.20 Å². The molecule has 25 heavy (non-hydrogen) atoms. The molecule has 2 aromatic carbocycles.